The molecule has 6 heteroatoms. The number of rotatable bonds is 4. The number of aryl methyl sites for hydroxylation is 2. The summed E-state index contributed by atoms with van der Waals surface area (Å²) in [5, 5.41) is 9.40. The average molecular weight is 327 g/mol. The Labute approximate surface area is 140 Å². The van der Waals surface area contributed by atoms with Crippen LogP contribution in [0.2, 0.25) is 0 Å². The molecule has 1 aromatic carbocycles. The van der Waals surface area contributed by atoms with E-state index >= 15 is 0 Å². The Morgan fingerprint density at radius 1 is 1.29 bits per heavy atom. The molecule has 2 aromatic heterocycles. The Hall–Kier alpha value is -2.34. The van der Waals surface area contributed by atoms with Crippen LogP contribution in [-0.2, 0) is 11.3 Å². The molecule has 1 aliphatic rings. The van der Waals surface area contributed by atoms with Gasteiger partial charge in [-0.1, -0.05) is 0 Å². The van der Waals surface area contributed by atoms with Gasteiger partial charge in [-0.05, 0) is 50.5 Å². The summed E-state index contributed by atoms with van der Waals surface area (Å²) in [4.78, 5) is 3.36. The number of nitrogens with zero attached hydrogens (tertiary/aromatic N) is 2. The van der Waals surface area contributed by atoms with Crippen molar-refractivity contribution < 1.29 is 13.9 Å². The van der Waals surface area contributed by atoms with E-state index in [1.165, 1.54) is 16.6 Å². The van der Waals surface area contributed by atoms with E-state index in [4.69, 9.17) is 13.9 Å². The van der Waals surface area contributed by atoms with E-state index in [9.17, 15) is 0 Å². The van der Waals surface area contributed by atoms with Crippen molar-refractivity contribution in [1.29, 1.82) is 0 Å². The fourth-order valence-electron chi connectivity index (χ4n) is 3.10. The number of fused-ring (bicyclic) bond motifs is 1. The fourth-order valence-corrected chi connectivity index (χ4v) is 3.10. The minimum atomic E-state index is 0.210. The molecule has 0 aliphatic carbocycles. The lowest BCUT2D eigenvalue weighted by Crippen LogP contribution is -2.15. The van der Waals surface area contributed by atoms with Gasteiger partial charge < -0.3 is 18.9 Å². The summed E-state index contributed by atoms with van der Waals surface area (Å²) in [5.74, 6) is 2.16. The zero-order valence-electron chi connectivity index (χ0n) is 14.0. The number of hydrogen-bond acceptors (Lipinski definition) is 5. The number of H-pyrrole nitrogens is 1. The third-order valence-electron chi connectivity index (χ3n) is 4.63. The molecule has 0 saturated carbocycles. The first-order chi connectivity index (χ1) is 11.7. The minimum Gasteiger partial charge on any atom is -0.484 e. The largest absolute Gasteiger partial charge is 0.484 e. The predicted octanol–water partition coefficient (Wildman–Crippen LogP) is 3.64. The van der Waals surface area contributed by atoms with Crippen molar-refractivity contribution in [2.75, 3.05) is 13.2 Å². The minimum absolute atomic E-state index is 0.210. The highest BCUT2D eigenvalue weighted by molar-refractivity contribution is 5.85. The number of hydrogen-bond donors (Lipinski definition) is 1. The van der Waals surface area contributed by atoms with Crippen LogP contribution in [0, 0.1) is 13.8 Å². The van der Waals surface area contributed by atoms with Crippen LogP contribution in [0.5, 0.6) is 5.75 Å². The van der Waals surface area contributed by atoms with E-state index in [-0.39, 0.29) is 12.5 Å². The van der Waals surface area contributed by atoms with Crippen molar-refractivity contribution in [2.45, 2.75) is 39.2 Å². The molecule has 24 heavy (non-hydrogen) atoms. The van der Waals surface area contributed by atoms with Crippen molar-refractivity contribution in [1.82, 2.24) is 15.2 Å². The smallest absolute Gasteiger partial charge is 0.253 e. The number of aromatic amines is 1. The van der Waals surface area contributed by atoms with Gasteiger partial charge in [-0.15, -0.1) is 10.2 Å². The zero-order valence-corrected chi connectivity index (χ0v) is 14.0. The van der Waals surface area contributed by atoms with Crippen LogP contribution in [0.25, 0.3) is 10.9 Å². The highest BCUT2D eigenvalue weighted by atomic mass is 16.5. The van der Waals surface area contributed by atoms with Crippen LogP contribution in [0.15, 0.2) is 22.6 Å². The van der Waals surface area contributed by atoms with E-state index in [0.29, 0.717) is 18.4 Å². The van der Waals surface area contributed by atoms with Gasteiger partial charge in [-0.3, -0.25) is 0 Å². The molecule has 1 fully saturated rings. The van der Waals surface area contributed by atoms with Crippen LogP contribution < -0.4 is 4.74 Å². The van der Waals surface area contributed by atoms with E-state index in [1.807, 2.05) is 18.2 Å². The van der Waals surface area contributed by atoms with Crippen molar-refractivity contribution in [2.24, 2.45) is 0 Å². The predicted molar refractivity (Wildman–Crippen MR) is 89.2 cm³/mol. The second kappa shape index (κ2) is 6.28. The Bertz CT molecular complexity index is 846. The monoisotopic (exact) mass is 327 g/mol. The summed E-state index contributed by atoms with van der Waals surface area (Å²) >= 11 is 0. The molecule has 0 spiro atoms. The fraction of sp³-hybridized carbons (Fsp3) is 0.444. The summed E-state index contributed by atoms with van der Waals surface area (Å²) in [6, 6.07) is 6.02. The number of nitrogens with one attached hydrogen (secondary N) is 1. The molecule has 3 aromatic rings. The van der Waals surface area contributed by atoms with Gasteiger partial charge in [0.2, 0.25) is 5.89 Å². The van der Waals surface area contributed by atoms with Gasteiger partial charge in [0.25, 0.3) is 5.89 Å². The number of aromatic nitrogens is 3. The summed E-state index contributed by atoms with van der Waals surface area (Å²) < 4.78 is 17.0. The third kappa shape index (κ3) is 2.89. The van der Waals surface area contributed by atoms with Gasteiger partial charge in [0.15, 0.2) is 6.61 Å². The molecular formula is C18H21N3O3. The van der Waals surface area contributed by atoms with Gasteiger partial charge in [-0.2, -0.15) is 0 Å². The lowest BCUT2D eigenvalue weighted by atomic mass is 10.0. The van der Waals surface area contributed by atoms with Crippen molar-refractivity contribution in [3.8, 4) is 5.75 Å². The van der Waals surface area contributed by atoms with Gasteiger partial charge in [0.1, 0.15) is 5.75 Å². The Balaban J connectivity index is 1.45. The molecule has 1 aliphatic heterocycles. The van der Waals surface area contributed by atoms with E-state index in [1.54, 1.807) is 0 Å². The summed E-state index contributed by atoms with van der Waals surface area (Å²) in [6.07, 6.45) is 2.07. The molecule has 126 valence electrons. The quantitative estimate of drug-likeness (QED) is 0.792. The maximum atomic E-state index is 5.82. The van der Waals surface area contributed by atoms with Gasteiger partial charge in [0.05, 0.1) is 12.5 Å². The number of benzene rings is 1. The normalized spacial score (nSPS) is 18.2. The third-order valence-corrected chi connectivity index (χ3v) is 4.63. The Morgan fingerprint density at radius 2 is 2.21 bits per heavy atom. The Kier molecular flexibility index (Phi) is 3.98. The average Bonchev–Trinajstić information content (AvgIpc) is 3.20. The SMILES string of the molecule is Cc1[nH]c2ccc(OCc3nnc(C4CCCOC4)o3)cc2c1C. The maximum Gasteiger partial charge on any atom is 0.253 e. The maximum absolute atomic E-state index is 5.82. The molecule has 0 bridgehead atoms. The summed E-state index contributed by atoms with van der Waals surface area (Å²) in [5.41, 5.74) is 3.54. The van der Waals surface area contributed by atoms with Crippen LogP contribution in [0.3, 0.4) is 0 Å². The van der Waals surface area contributed by atoms with Gasteiger partial charge in [0, 0.05) is 23.2 Å². The molecule has 4 rings (SSSR count). The number of ether oxygens (including phenoxy) is 2. The highest BCUT2D eigenvalue weighted by Gasteiger charge is 2.22. The summed E-state index contributed by atoms with van der Waals surface area (Å²) in [6.45, 7) is 5.93. The molecule has 1 saturated heterocycles. The highest BCUT2D eigenvalue weighted by Crippen LogP contribution is 2.27. The Morgan fingerprint density at radius 3 is 3.04 bits per heavy atom. The van der Waals surface area contributed by atoms with E-state index in [2.05, 4.69) is 29.0 Å². The lowest BCUT2D eigenvalue weighted by molar-refractivity contribution is 0.0717. The molecule has 0 radical (unpaired) electrons. The molecule has 0 amide bonds. The van der Waals surface area contributed by atoms with Crippen LogP contribution >= 0.6 is 0 Å². The first-order valence-corrected chi connectivity index (χ1v) is 8.32. The van der Waals surface area contributed by atoms with Crippen LogP contribution in [-0.4, -0.2) is 28.4 Å². The molecule has 1 N–H and O–H groups in total. The molecular weight excluding hydrogens is 306 g/mol. The molecule has 1 unspecified atom stereocenters. The van der Waals surface area contributed by atoms with Crippen molar-refractivity contribution in [3.63, 3.8) is 0 Å². The van der Waals surface area contributed by atoms with Crippen molar-refractivity contribution >= 4 is 10.9 Å². The summed E-state index contributed by atoms with van der Waals surface area (Å²) in [7, 11) is 0. The molecule has 6 nitrogen and oxygen atoms in total. The second-order valence-corrected chi connectivity index (χ2v) is 6.32. The van der Waals surface area contributed by atoms with Gasteiger partial charge in [-0.25, -0.2) is 0 Å². The lowest BCUT2D eigenvalue weighted by Gasteiger charge is -2.18. The molecule has 1 atom stereocenters. The van der Waals surface area contributed by atoms with E-state index < -0.39 is 0 Å². The zero-order chi connectivity index (χ0) is 16.5. The van der Waals surface area contributed by atoms with Crippen LogP contribution in [0.1, 0.15) is 41.8 Å². The topological polar surface area (TPSA) is 73.2 Å². The standard InChI is InChI=1S/C18H21N3O3/c1-11-12(2)19-16-6-5-14(8-15(11)16)23-10-17-20-21-18(24-17)13-4-3-7-22-9-13/h5-6,8,13,19H,3-4,7,9-10H2,1-2H3. The second-order valence-electron chi connectivity index (χ2n) is 6.32. The van der Waals surface area contributed by atoms with Crippen molar-refractivity contribution in [3.05, 3.63) is 41.2 Å². The molecule has 3 heterocycles. The first-order valence-electron chi connectivity index (χ1n) is 8.32. The van der Waals surface area contributed by atoms with Gasteiger partial charge >= 0.3 is 0 Å². The van der Waals surface area contributed by atoms with Crippen LogP contribution in [0.4, 0.5) is 0 Å². The first kappa shape index (κ1) is 15.2. The van der Waals surface area contributed by atoms with E-state index in [0.717, 1.165) is 30.7 Å².